The fourth-order valence-corrected chi connectivity index (χ4v) is 4.02. The number of carbonyl (C=O) groups excluding carboxylic acids is 1. The van der Waals surface area contributed by atoms with Crippen molar-refractivity contribution < 1.29 is 9.18 Å². The minimum atomic E-state index is -0.279. The zero-order valence-electron chi connectivity index (χ0n) is 14.5. The van der Waals surface area contributed by atoms with E-state index in [0.717, 1.165) is 31.6 Å². The molecule has 1 fully saturated rings. The van der Waals surface area contributed by atoms with E-state index in [1.165, 1.54) is 29.9 Å². The average molecular weight is 361 g/mol. The van der Waals surface area contributed by atoms with Gasteiger partial charge < -0.3 is 5.32 Å². The molecule has 134 valence electrons. The van der Waals surface area contributed by atoms with Crippen molar-refractivity contribution in [1.29, 1.82) is 0 Å². The molecule has 0 saturated carbocycles. The van der Waals surface area contributed by atoms with Crippen LogP contribution >= 0.6 is 11.3 Å². The molecule has 1 aliphatic heterocycles. The minimum Gasteiger partial charge on any atom is -0.326 e. The number of hydrogen-bond acceptors (Lipinski definition) is 4. The topological polar surface area (TPSA) is 45.2 Å². The Balaban J connectivity index is 1.45. The summed E-state index contributed by atoms with van der Waals surface area (Å²) in [5.74, 6) is 0.287. The highest BCUT2D eigenvalue weighted by Crippen LogP contribution is 2.24. The Labute approximate surface area is 152 Å². The molecule has 1 N–H and O–H groups in total. The van der Waals surface area contributed by atoms with Crippen molar-refractivity contribution in [2.45, 2.75) is 39.2 Å². The highest BCUT2D eigenvalue weighted by molar-refractivity contribution is 7.09. The van der Waals surface area contributed by atoms with Crippen molar-refractivity contribution >= 4 is 22.9 Å². The lowest BCUT2D eigenvalue weighted by Gasteiger charge is -2.32. The second kappa shape index (κ2) is 8.54. The van der Waals surface area contributed by atoms with Crippen LogP contribution in [-0.4, -0.2) is 28.9 Å². The summed E-state index contributed by atoms with van der Waals surface area (Å²) in [4.78, 5) is 20.1. The molecule has 1 aliphatic rings. The number of likely N-dealkylation sites (tertiary alicyclic amines) is 1. The van der Waals surface area contributed by atoms with Gasteiger partial charge in [-0.05, 0) is 62.4 Å². The van der Waals surface area contributed by atoms with Crippen molar-refractivity contribution in [3.05, 3.63) is 46.2 Å². The summed E-state index contributed by atoms with van der Waals surface area (Å²) in [6.07, 6.45) is 5.71. The highest BCUT2D eigenvalue weighted by atomic mass is 32.1. The number of aryl methyl sites for hydroxylation is 1. The number of rotatable bonds is 6. The molecule has 1 atom stereocenters. The lowest BCUT2D eigenvalue weighted by atomic mass is 9.93. The molecule has 2 heterocycles. The van der Waals surface area contributed by atoms with Crippen LogP contribution < -0.4 is 5.32 Å². The summed E-state index contributed by atoms with van der Waals surface area (Å²) in [5, 5.41) is 2.90. The Hall–Kier alpha value is -1.79. The number of piperidine rings is 1. The molecule has 1 amide bonds. The number of carbonyl (C=O) groups is 1. The van der Waals surface area contributed by atoms with Crippen molar-refractivity contribution in [1.82, 2.24) is 9.88 Å². The van der Waals surface area contributed by atoms with E-state index in [0.29, 0.717) is 18.0 Å². The molecule has 1 saturated heterocycles. The number of amides is 1. The SMILES string of the molecule is Cc1cc(F)ccc1NC(=O)CCC1CCCN(Cc2cncs2)C1. The van der Waals surface area contributed by atoms with E-state index < -0.39 is 0 Å². The zero-order valence-corrected chi connectivity index (χ0v) is 15.3. The van der Waals surface area contributed by atoms with Gasteiger partial charge >= 0.3 is 0 Å². The molecule has 0 bridgehead atoms. The van der Waals surface area contributed by atoms with Gasteiger partial charge in [0.25, 0.3) is 0 Å². The largest absolute Gasteiger partial charge is 0.326 e. The lowest BCUT2D eigenvalue weighted by Crippen LogP contribution is -2.35. The van der Waals surface area contributed by atoms with Crippen LogP contribution in [0.2, 0.25) is 0 Å². The molecule has 0 spiro atoms. The van der Waals surface area contributed by atoms with Gasteiger partial charge in [0.15, 0.2) is 0 Å². The Bertz CT molecular complexity index is 705. The van der Waals surface area contributed by atoms with E-state index in [1.807, 2.05) is 11.7 Å². The number of nitrogens with one attached hydrogen (secondary N) is 1. The molecule has 1 unspecified atom stereocenters. The molecule has 1 aromatic heterocycles. The zero-order chi connectivity index (χ0) is 17.6. The quantitative estimate of drug-likeness (QED) is 0.838. The fourth-order valence-electron chi connectivity index (χ4n) is 3.39. The molecule has 6 heteroatoms. The van der Waals surface area contributed by atoms with Gasteiger partial charge in [0, 0.05) is 36.3 Å². The molecular weight excluding hydrogens is 337 g/mol. The molecule has 2 aromatic rings. The Morgan fingerprint density at radius 1 is 1.48 bits per heavy atom. The van der Waals surface area contributed by atoms with Crippen LogP contribution in [-0.2, 0) is 11.3 Å². The van der Waals surface area contributed by atoms with Crippen molar-refractivity contribution in [3.8, 4) is 0 Å². The van der Waals surface area contributed by atoms with Gasteiger partial charge in [0.2, 0.25) is 5.91 Å². The van der Waals surface area contributed by atoms with E-state index in [1.54, 1.807) is 24.3 Å². The maximum Gasteiger partial charge on any atom is 0.224 e. The van der Waals surface area contributed by atoms with E-state index in [4.69, 9.17) is 0 Å². The number of aromatic nitrogens is 1. The monoisotopic (exact) mass is 361 g/mol. The fraction of sp³-hybridized carbons (Fsp3) is 0.474. The van der Waals surface area contributed by atoms with Gasteiger partial charge in [0.05, 0.1) is 5.51 Å². The third-order valence-electron chi connectivity index (χ3n) is 4.71. The number of halogens is 1. The van der Waals surface area contributed by atoms with Gasteiger partial charge in [-0.25, -0.2) is 4.39 Å². The van der Waals surface area contributed by atoms with E-state index in [-0.39, 0.29) is 11.7 Å². The van der Waals surface area contributed by atoms with Crippen molar-refractivity contribution in [3.63, 3.8) is 0 Å². The molecule has 4 nitrogen and oxygen atoms in total. The Kier molecular flexibility index (Phi) is 6.15. The van der Waals surface area contributed by atoms with Crippen LogP contribution in [0.15, 0.2) is 29.9 Å². The Morgan fingerprint density at radius 3 is 3.12 bits per heavy atom. The summed E-state index contributed by atoms with van der Waals surface area (Å²) < 4.78 is 13.1. The number of nitrogens with zero attached hydrogens (tertiary/aromatic N) is 2. The summed E-state index contributed by atoms with van der Waals surface area (Å²) in [6.45, 7) is 4.93. The first-order chi connectivity index (χ1) is 12.1. The van der Waals surface area contributed by atoms with E-state index >= 15 is 0 Å². The molecule has 1 aromatic carbocycles. The average Bonchev–Trinajstić information content (AvgIpc) is 3.09. The third-order valence-corrected chi connectivity index (χ3v) is 5.47. The van der Waals surface area contributed by atoms with Crippen LogP contribution in [0.3, 0.4) is 0 Å². The van der Waals surface area contributed by atoms with Crippen molar-refractivity contribution in [2.75, 3.05) is 18.4 Å². The van der Waals surface area contributed by atoms with E-state index in [2.05, 4.69) is 15.2 Å². The van der Waals surface area contributed by atoms with E-state index in [9.17, 15) is 9.18 Å². The van der Waals surface area contributed by atoms with Crippen molar-refractivity contribution in [2.24, 2.45) is 5.92 Å². The molecule has 0 aliphatic carbocycles. The summed E-state index contributed by atoms with van der Waals surface area (Å²) >= 11 is 1.70. The Morgan fingerprint density at radius 2 is 2.36 bits per heavy atom. The van der Waals surface area contributed by atoms with Crippen LogP contribution in [0.1, 0.15) is 36.1 Å². The minimum absolute atomic E-state index is 0.00860. The predicted octanol–water partition coefficient (Wildman–Crippen LogP) is 4.22. The smallest absolute Gasteiger partial charge is 0.224 e. The first-order valence-corrected chi connectivity index (χ1v) is 9.64. The van der Waals surface area contributed by atoms with Gasteiger partial charge in [0.1, 0.15) is 5.82 Å². The van der Waals surface area contributed by atoms with Gasteiger partial charge in [-0.15, -0.1) is 11.3 Å². The predicted molar refractivity (Wildman–Crippen MR) is 99.1 cm³/mol. The molecule has 0 radical (unpaired) electrons. The van der Waals surface area contributed by atoms with Gasteiger partial charge in [-0.1, -0.05) is 0 Å². The van der Waals surface area contributed by atoms with Crippen LogP contribution in [0.25, 0.3) is 0 Å². The first kappa shape index (κ1) is 18.0. The molecule has 25 heavy (non-hydrogen) atoms. The number of thiazole rings is 1. The van der Waals surface area contributed by atoms with Crippen LogP contribution in [0.4, 0.5) is 10.1 Å². The summed E-state index contributed by atoms with van der Waals surface area (Å²) in [7, 11) is 0. The highest BCUT2D eigenvalue weighted by Gasteiger charge is 2.21. The standard InChI is InChI=1S/C19H24FN3OS/c1-14-9-16(20)5-6-18(14)22-19(24)7-4-15-3-2-8-23(11-15)12-17-10-21-13-25-17/h5-6,9-10,13,15H,2-4,7-8,11-12H2,1H3,(H,22,24). The number of benzene rings is 1. The maximum atomic E-state index is 13.1. The van der Waals surface area contributed by atoms with Gasteiger partial charge in [-0.2, -0.15) is 0 Å². The normalized spacial score (nSPS) is 18.2. The molecule has 3 rings (SSSR count). The number of anilines is 1. The number of hydrogen-bond donors (Lipinski definition) is 1. The van der Waals surface area contributed by atoms with Crippen LogP contribution in [0.5, 0.6) is 0 Å². The second-order valence-electron chi connectivity index (χ2n) is 6.76. The van der Waals surface area contributed by atoms with Crippen LogP contribution in [0, 0.1) is 18.7 Å². The first-order valence-electron chi connectivity index (χ1n) is 8.76. The van der Waals surface area contributed by atoms with Gasteiger partial charge in [-0.3, -0.25) is 14.7 Å². The summed E-state index contributed by atoms with van der Waals surface area (Å²) in [6, 6.07) is 4.44. The lowest BCUT2D eigenvalue weighted by molar-refractivity contribution is -0.116. The summed E-state index contributed by atoms with van der Waals surface area (Å²) in [5.41, 5.74) is 3.32. The molecular formula is C19H24FN3OS. The maximum absolute atomic E-state index is 13.1. The third kappa shape index (κ3) is 5.34. The second-order valence-corrected chi connectivity index (χ2v) is 7.73.